The number of aryl methyl sites for hydroxylation is 1. The van der Waals surface area contributed by atoms with Gasteiger partial charge in [0.1, 0.15) is 0 Å². The monoisotopic (exact) mass is 301 g/mol. The van der Waals surface area contributed by atoms with Crippen molar-refractivity contribution in [2.24, 2.45) is 0 Å². The largest absolute Gasteiger partial charge is 0.265 e. The summed E-state index contributed by atoms with van der Waals surface area (Å²) < 4.78 is 0. The Morgan fingerprint density at radius 3 is 2.00 bits per heavy atom. The first-order valence-electron chi connectivity index (χ1n) is 8.33. The van der Waals surface area contributed by atoms with Crippen LogP contribution < -0.4 is 0 Å². The Morgan fingerprint density at radius 2 is 1.35 bits per heavy atom. The zero-order chi connectivity index (χ0) is 15.9. The fraction of sp³-hybridized carbons (Fsp3) is 0.227. The number of hydrogen-bond acceptors (Lipinski definition) is 1. The molecule has 0 unspecified atom stereocenters. The zero-order valence-corrected chi connectivity index (χ0v) is 13.6. The van der Waals surface area contributed by atoms with E-state index in [1.54, 1.807) is 0 Å². The van der Waals surface area contributed by atoms with Gasteiger partial charge in [0.2, 0.25) is 0 Å². The number of pyridine rings is 1. The Balaban J connectivity index is 1.82. The third kappa shape index (κ3) is 4.07. The predicted molar refractivity (Wildman–Crippen MR) is 96.6 cm³/mol. The lowest BCUT2D eigenvalue weighted by Crippen LogP contribution is -2.10. The van der Waals surface area contributed by atoms with Gasteiger partial charge in [0, 0.05) is 12.4 Å². The van der Waals surface area contributed by atoms with Gasteiger partial charge in [0.05, 0.1) is 0 Å². The van der Waals surface area contributed by atoms with Gasteiger partial charge in [-0.25, -0.2) is 0 Å². The molecule has 0 bridgehead atoms. The molecule has 1 heteroatoms. The van der Waals surface area contributed by atoms with Gasteiger partial charge in [-0.1, -0.05) is 67.6 Å². The average Bonchev–Trinajstić information content (AvgIpc) is 2.64. The fourth-order valence-corrected chi connectivity index (χ4v) is 3.27. The van der Waals surface area contributed by atoms with Crippen LogP contribution in [0, 0.1) is 0 Å². The molecule has 3 aromatic rings. The van der Waals surface area contributed by atoms with Crippen LogP contribution in [0.5, 0.6) is 0 Å². The maximum absolute atomic E-state index is 4.18. The molecular formula is C22H23N. The predicted octanol–water partition coefficient (Wildman–Crippen LogP) is 5.60. The topological polar surface area (TPSA) is 12.9 Å². The van der Waals surface area contributed by atoms with E-state index in [0.717, 1.165) is 12.8 Å². The van der Waals surface area contributed by atoms with E-state index >= 15 is 0 Å². The molecule has 0 aliphatic carbocycles. The maximum Gasteiger partial charge on any atom is 0.0270 e. The summed E-state index contributed by atoms with van der Waals surface area (Å²) in [6, 6.07) is 25.9. The van der Waals surface area contributed by atoms with E-state index in [4.69, 9.17) is 0 Å². The second-order valence-electron chi connectivity index (χ2n) is 6.11. The molecule has 23 heavy (non-hydrogen) atoms. The standard InChI is InChI=1S/C22H23N/c1-18(20-10-6-3-7-11-20)22(21-14-16-23-17-15-21)13-12-19-8-4-2-5-9-19/h2-11,14-18,22H,12-13H2,1H3/t18-,22+/m0/s1. The molecule has 0 aliphatic heterocycles. The lowest BCUT2D eigenvalue weighted by atomic mass is 9.79. The Kier molecular flexibility index (Phi) is 5.21. The molecule has 1 nitrogen and oxygen atoms in total. The van der Waals surface area contributed by atoms with Crippen LogP contribution in [0.2, 0.25) is 0 Å². The lowest BCUT2D eigenvalue weighted by Gasteiger charge is -2.25. The number of nitrogens with zero attached hydrogens (tertiary/aromatic N) is 1. The highest BCUT2D eigenvalue weighted by molar-refractivity contribution is 5.27. The molecule has 0 N–H and O–H groups in total. The van der Waals surface area contributed by atoms with Gasteiger partial charge < -0.3 is 0 Å². The first-order chi connectivity index (χ1) is 11.3. The van der Waals surface area contributed by atoms with Crippen molar-refractivity contribution in [3.63, 3.8) is 0 Å². The number of benzene rings is 2. The van der Waals surface area contributed by atoms with Crippen LogP contribution in [0.3, 0.4) is 0 Å². The smallest absolute Gasteiger partial charge is 0.0270 e. The molecule has 3 rings (SSSR count). The molecule has 0 spiro atoms. The van der Waals surface area contributed by atoms with Crippen LogP contribution in [0.15, 0.2) is 85.2 Å². The summed E-state index contributed by atoms with van der Waals surface area (Å²) in [4.78, 5) is 4.18. The molecule has 0 fully saturated rings. The number of rotatable bonds is 6. The van der Waals surface area contributed by atoms with Crippen LogP contribution in [0.25, 0.3) is 0 Å². The molecular weight excluding hydrogens is 278 g/mol. The summed E-state index contributed by atoms with van der Waals surface area (Å²) in [5, 5.41) is 0. The first-order valence-corrected chi connectivity index (χ1v) is 8.33. The van der Waals surface area contributed by atoms with Crippen molar-refractivity contribution in [2.75, 3.05) is 0 Å². The number of hydrogen-bond donors (Lipinski definition) is 0. The Hall–Kier alpha value is -2.41. The van der Waals surface area contributed by atoms with Crippen molar-refractivity contribution < 1.29 is 0 Å². The van der Waals surface area contributed by atoms with E-state index < -0.39 is 0 Å². The van der Waals surface area contributed by atoms with Crippen molar-refractivity contribution in [2.45, 2.75) is 31.6 Å². The second kappa shape index (κ2) is 7.73. The minimum atomic E-state index is 0.488. The second-order valence-corrected chi connectivity index (χ2v) is 6.11. The van der Waals surface area contributed by atoms with Crippen molar-refractivity contribution >= 4 is 0 Å². The highest BCUT2D eigenvalue weighted by atomic mass is 14.6. The van der Waals surface area contributed by atoms with Crippen molar-refractivity contribution in [3.8, 4) is 0 Å². The maximum atomic E-state index is 4.18. The van der Waals surface area contributed by atoms with Gasteiger partial charge in [-0.3, -0.25) is 4.98 Å². The van der Waals surface area contributed by atoms with Crippen LogP contribution in [-0.2, 0) is 6.42 Å². The van der Waals surface area contributed by atoms with Gasteiger partial charge in [-0.15, -0.1) is 0 Å². The molecule has 2 aromatic carbocycles. The summed E-state index contributed by atoms with van der Waals surface area (Å²) in [6.45, 7) is 2.34. The minimum absolute atomic E-state index is 0.488. The highest BCUT2D eigenvalue weighted by Crippen LogP contribution is 2.36. The lowest BCUT2D eigenvalue weighted by molar-refractivity contribution is 0.535. The van der Waals surface area contributed by atoms with Crippen molar-refractivity contribution in [1.82, 2.24) is 4.98 Å². The van der Waals surface area contributed by atoms with Crippen LogP contribution in [0.4, 0.5) is 0 Å². The molecule has 0 saturated heterocycles. The summed E-state index contributed by atoms with van der Waals surface area (Å²) in [6.07, 6.45) is 6.06. The molecule has 0 amide bonds. The number of aromatic nitrogens is 1. The van der Waals surface area contributed by atoms with E-state index in [1.807, 2.05) is 12.4 Å². The SMILES string of the molecule is C[C@@H](c1ccccc1)[C@@H](CCc1ccccc1)c1ccncc1. The van der Waals surface area contributed by atoms with Crippen LogP contribution in [0.1, 0.15) is 41.9 Å². The van der Waals surface area contributed by atoms with E-state index in [-0.39, 0.29) is 0 Å². The van der Waals surface area contributed by atoms with Crippen LogP contribution >= 0.6 is 0 Å². The van der Waals surface area contributed by atoms with Gasteiger partial charge in [0.25, 0.3) is 0 Å². The molecule has 1 aromatic heterocycles. The summed E-state index contributed by atoms with van der Waals surface area (Å²) >= 11 is 0. The Morgan fingerprint density at radius 1 is 0.739 bits per heavy atom. The Bertz CT molecular complexity index is 692. The molecule has 0 aliphatic rings. The first kappa shape index (κ1) is 15.5. The van der Waals surface area contributed by atoms with Gasteiger partial charge in [-0.2, -0.15) is 0 Å². The molecule has 2 atom stereocenters. The summed E-state index contributed by atoms with van der Waals surface area (Å²) in [5.74, 6) is 0.989. The Labute approximate surface area is 139 Å². The summed E-state index contributed by atoms with van der Waals surface area (Å²) in [7, 11) is 0. The van der Waals surface area contributed by atoms with E-state index in [9.17, 15) is 0 Å². The van der Waals surface area contributed by atoms with E-state index in [1.165, 1.54) is 16.7 Å². The van der Waals surface area contributed by atoms with Crippen molar-refractivity contribution in [1.29, 1.82) is 0 Å². The van der Waals surface area contributed by atoms with Crippen LogP contribution in [-0.4, -0.2) is 4.98 Å². The molecule has 116 valence electrons. The molecule has 0 radical (unpaired) electrons. The van der Waals surface area contributed by atoms with E-state index in [0.29, 0.717) is 11.8 Å². The van der Waals surface area contributed by atoms with Gasteiger partial charge in [0.15, 0.2) is 0 Å². The average molecular weight is 301 g/mol. The normalized spacial score (nSPS) is 13.4. The minimum Gasteiger partial charge on any atom is -0.265 e. The molecule has 1 heterocycles. The van der Waals surface area contributed by atoms with E-state index in [2.05, 4.69) is 84.7 Å². The quantitative estimate of drug-likeness (QED) is 0.577. The summed E-state index contributed by atoms with van der Waals surface area (Å²) in [5.41, 5.74) is 4.20. The van der Waals surface area contributed by atoms with Gasteiger partial charge in [-0.05, 0) is 53.5 Å². The van der Waals surface area contributed by atoms with Crippen molar-refractivity contribution in [3.05, 3.63) is 102 Å². The third-order valence-corrected chi connectivity index (χ3v) is 4.65. The van der Waals surface area contributed by atoms with Gasteiger partial charge >= 0.3 is 0 Å². The third-order valence-electron chi connectivity index (χ3n) is 4.65. The fourth-order valence-electron chi connectivity index (χ4n) is 3.27. The molecule has 0 saturated carbocycles. The highest BCUT2D eigenvalue weighted by Gasteiger charge is 2.20. The zero-order valence-electron chi connectivity index (χ0n) is 13.6.